The Bertz CT molecular complexity index is 241. The topological polar surface area (TPSA) is 20.2 Å². The van der Waals surface area contributed by atoms with Gasteiger partial charge in [0.2, 0.25) is 0 Å². The third-order valence-electron chi connectivity index (χ3n) is 4.25. The molecule has 74 valence electrons. The van der Waals surface area contributed by atoms with Crippen molar-refractivity contribution in [2.45, 2.75) is 44.8 Å². The van der Waals surface area contributed by atoms with Gasteiger partial charge in [-0.25, -0.2) is 0 Å². The normalized spacial score (nSPS) is 39.8. The maximum absolute atomic E-state index is 10.2. The molecule has 0 saturated heterocycles. The first-order valence-corrected chi connectivity index (χ1v) is 8.38. The SMILES string of the molecule is CC(C12C=CC(CC1)C2)[Si](C)(C)O. The molecule has 2 rings (SSSR count). The van der Waals surface area contributed by atoms with Crippen LogP contribution in [0.2, 0.25) is 18.6 Å². The fourth-order valence-corrected chi connectivity index (χ4v) is 4.80. The zero-order valence-corrected chi connectivity index (χ0v) is 9.88. The fourth-order valence-electron chi connectivity index (χ4n) is 3.03. The molecule has 1 nitrogen and oxygen atoms in total. The van der Waals surface area contributed by atoms with E-state index in [0.717, 1.165) is 5.92 Å². The summed E-state index contributed by atoms with van der Waals surface area (Å²) in [6.07, 6.45) is 8.75. The first-order valence-electron chi connectivity index (χ1n) is 5.36. The first kappa shape index (κ1) is 9.47. The van der Waals surface area contributed by atoms with Gasteiger partial charge in [-0.2, -0.15) is 0 Å². The molecule has 3 atom stereocenters. The lowest BCUT2D eigenvalue weighted by Gasteiger charge is -2.37. The van der Waals surface area contributed by atoms with Crippen LogP contribution in [0.15, 0.2) is 12.2 Å². The molecule has 1 saturated carbocycles. The van der Waals surface area contributed by atoms with E-state index in [1.807, 2.05) is 0 Å². The Morgan fingerprint density at radius 2 is 2.23 bits per heavy atom. The molecule has 0 heterocycles. The highest BCUT2D eigenvalue weighted by Gasteiger charge is 2.49. The van der Waals surface area contributed by atoms with Gasteiger partial charge in [0.05, 0.1) is 0 Å². The van der Waals surface area contributed by atoms with Gasteiger partial charge in [0, 0.05) is 0 Å². The van der Waals surface area contributed by atoms with Crippen molar-refractivity contribution in [1.29, 1.82) is 0 Å². The summed E-state index contributed by atoms with van der Waals surface area (Å²) in [6.45, 7) is 6.40. The van der Waals surface area contributed by atoms with Gasteiger partial charge < -0.3 is 4.80 Å². The third kappa shape index (κ3) is 1.40. The van der Waals surface area contributed by atoms with Gasteiger partial charge in [0.1, 0.15) is 0 Å². The van der Waals surface area contributed by atoms with E-state index < -0.39 is 8.32 Å². The molecule has 3 unspecified atom stereocenters. The Labute approximate surface area is 82.0 Å². The predicted octanol–water partition coefficient (Wildman–Crippen LogP) is 2.93. The van der Waals surface area contributed by atoms with Crippen LogP contribution in [0.3, 0.4) is 0 Å². The monoisotopic (exact) mass is 196 g/mol. The average molecular weight is 196 g/mol. The van der Waals surface area contributed by atoms with Crippen LogP contribution in [-0.2, 0) is 0 Å². The first-order chi connectivity index (χ1) is 5.94. The predicted molar refractivity (Wildman–Crippen MR) is 58.0 cm³/mol. The molecule has 0 aromatic rings. The van der Waals surface area contributed by atoms with E-state index in [0.29, 0.717) is 11.0 Å². The van der Waals surface area contributed by atoms with Gasteiger partial charge >= 0.3 is 0 Å². The second-order valence-corrected chi connectivity index (χ2v) is 9.64. The standard InChI is InChI=1S/C11H20OSi/c1-9(13(2,3)12)11-6-4-10(8-11)5-7-11/h4,6,9-10,12H,5,7-8H2,1-3H3. The molecular weight excluding hydrogens is 176 g/mol. The molecule has 0 aromatic heterocycles. The Morgan fingerprint density at radius 3 is 2.54 bits per heavy atom. The van der Waals surface area contributed by atoms with Crippen LogP contribution in [0, 0.1) is 11.3 Å². The molecular formula is C11H20OSi. The maximum atomic E-state index is 10.2. The Morgan fingerprint density at radius 1 is 1.54 bits per heavy atom. The summed E-state index contributed by atoms with van der Waals surface area (Å²) in [5, 5.41) is 0. The molecule has 1 fully saturated rings. The van der Waals surface area contributed by atoms with Gasteiger partial charge in [-0.1, -0.05) is 19.1 Å². The smallest absolute Gasteiger partial charge is 0.186 e. The minimum absolute atomic E-state index is 0.384. The zero-order chi connectivity index (χ0) is 9.69. The van der Waals surface area contributed by atoms with Gasteiger partial charge in [-0.05, 0) is 49.2 Å². The van der Waals surface area contributed by atoms with E-state index in [1.165, 1.54) is 19.3 Å². The summed E-state index contributed by atoms with van der Waals surface area (Å²) in [4.78, 5) is 10.2. The summed E-state index contributed by atoms with van der Waals surface area (Å²) in [6, 6.07) is 0. The van der Waals surface area contributed by atoms with Gasteiger partial charge in [-0.3, -0.25) is 0 Å². The van der Waals surface area contributed by atoms with E-state index >= 15 is 0 Å². The van der Waals surface area contributed by atoms with Crippen LogP contribution in [0.5, 0.6) is 0 Å². The van der Waals surface area contributed by atoms with E-state index in [2.05, 4.69) is 32.2 Å². The molecule has 0 aliphatic heterocycles. The molecule has 0 spiro atoms. The van der Waals surface area contributed by atoms with E-state index in [1.54, 1.807) is 0 Å². The Kier molecular flexibility index (Phi) is 1.97. The number of hydrogen-bond donors (Lipinski definition) is 1. The highest BCUT2D eigenvalue weighted by molar-refractivity contribution is 6.71. The number of hydrogen-bond acceptors (Lipinski definition) is 1. The molecule has 0 aromatic carbocycles. The summed E-state index contributed by atoms with van der Waals surface area (Å²) in [5.41, 5.74) is 0.901. The van der Waals surface area contributed by atoms with Crippen molar-refractivity contribution in [3.05, 3.63) is 12.2 Å². The molecule has 2 aliphatic carbocycles. The molecule has 2 heteroatoms. The highest BCUT2D eigenvalue weighted by atomic mass is 28.4. The molecule has 13 heavy (non-hydrogen) atoms. The largest absolute Gasteiger partial charge is 0.432 e. The lowest BCUT2D eigenvalue weighted by Crippen LogP contribution is -2.39. The van der Waals surface area contributed by atoms with Crippen LogP contribution in [0.4, 0.5) is 0 Å². The van der Waals surface area contributed by atoms with Crippen LogP contribution in [0.1, 0.15) is 26.2 Å². The minimum Gasteiger partial charge on any atom is -0.432 e. The van der Waals surface area contributed by atoms with Crippen molar-refractivity contribution in [2.24, 2.45) is 11.3 Å². The van der Waals surface area contributed by atoms with Gasteiger partial charge in [-0.15, -0.1) is 0 Å². The van der Waals surface area contributed by atoms with Crippen LogP contribution >= 0.6 is 0 Å². The quantitative estimate of drug-likeness (QED) is 0.532. The molecule has 1 N–H and O–H groups in total. The Hall–Kier alpha value is -0.0831. The van der Waals surface area contributed by atoms with E-state index in [9.17, 15) is 4.80 Å². The summed E-state index contributed by atoms with van der Waals surface area (Å²) in [5.74, 6) is 0.832. The van der Waals surface area contributed by atoms with Crippen molar-refractivity contribution in [2.75, 3.05) is 0 Å². The van der Waals surface area contributed by atoms with Crippen molar-refractivity contribution < 1.29 is 4.80 Å². The second-order valence-electron chi connectivity index (χ2n) is 5.47. The lowest BCUT2D eigenvalue weighted by atomic mass is 9.84. The number of rotatable bonds is 2. The second kappa shape index (κ2) is 2.70. The van der Waals surface area contributed by atoms with E-state index in [4.69, 9.17) is 0 Å². The maximum Gasteiger partial charge on any atom is 0.186 e. The number of fused-ring (bicyclic) bond motifs is 2. The average Bonchev–Trinajstić information content (AvgIpc) is 2.60. The van der Waals surface area contributed by atoms with Crippen molar-refractivity contribution in [3.8, 4) is 0 Å². The molecule has 0 radical (unpaired) electrons. The van der Waals surface area contributed by atoms with Crippen molar-refractivity contribution in [3.63, 3.8) is 0 Å². The van der Waals surface area contributed by atoms with Crippen LogP contribution in [-0.4, -0.2) is 13.1 Å². The summed E-state index contributed by atoms with van der Waals surface area (Å²) < 4.78 is 0. The molecule has 2 bridgehead atoms. The fraction of sp³-hybridized carbons (Fsp3) is 0.818. The zero-order valence-electron chi connectivity index (χ0n) is 8.88. The van der Waals surface area contributed by atoms with Crippen LogP contribution < -0.4 is 0 Å². The number of allylic oxidation sites excluding steroid dienone is 2. The van der Waals surface area contributed by atoms with Crippen molar-refractivity contribution >= 4 is 8.32 Å². The van der Waals surface area contributed by atoms with Crippen molar-refractivity contribution in [1.82, 2.24) is 0 Å². The lowest BCUT2D eigenvalue weighted by molar-refractivity contribution is 0.349. The summed E-state index contributed by atoms with van der Waals surface area (Å²) in [7, 11) is -1.94. The van der Waals surface area contributed by atoms with Crippen LogP contribution in [0.25, 0.3) is 0 Å². The molecule has 0 amide bonds. The third-order valence-corrected chi connectivity index (χ3v) is 6.94. The summed E-state index contributed by atoms with van der Waals surface area (Å²) >= 11 is 0. The van der Waals surface area contributed by atoms with Gasteiger partial charge in [0.15, 0.2) is 8.32 Å². The van der Waals surface area contributed by atoms with Gasteiger partial charge in [0.25, 0.3) is 0 Å². The Balaban J connectivity index is 2.21. The van der Waals surface area contributed by atoms with E-state index in [-0.39, 0.29) is 0 Å². The highest BCUT2D eigenvalue weighted by Crippen LogP contribution is 2.57. The minimum atomic E-state index is -1.94. The molecule has 2 aliphatic rings.